The van der Waals surface area contributed by atoms with E-state index in [-0.39, 0.29) is 5.91 Å². The van der Waals surface area contributed by atoms with Crippen LogP contribution in [0.1, 0.15) is 23.2 Å². The van der Waals surface area contributed by atoms with Crippen molar-refractivity contribution in [3.05, 3.63) is 40.5 Å². The smallest absolute Gasteiger partial charge is 0.224 e. The van der Waals surface area contributed by atoms with E-state index in [9.17, 15) is 4.79 Å². The summed E-state index contributed by atoms with van der Waals surface area (Å²) in [5, 5.41) is 7.65. The highest BCUT2D eigenvalue weighted by atomic mass is 32.1. The normalized spacial score (nSPS) is 14.7. The summed E-state index contributed by atoms with van der Waals surface area (Å²) in [6.07, 6.45) is 6.11. The van der Waals surface area contributed by atoms with Crippen molar-refractivity contribution in [1.29, 1.82) is 0 Å². The average molecular weight is 430 g/mol. The molecule has 3 heterocycles. The van der Waals surface area contributed by atoms with Gasteiger partial charge in [-0.3, -0.25) is 9.79 Å². The maximum absolute atomic E-state index is 12.5. The Morgan fingerprint density at radius 3 is 2.63 bits per heavy atom. The molecule has 162 valence electrons. The molecule has 1 fully saturated rings. The Kier molecular flexibility index (Phi) is 8.43. The standard InChI is InChI=1S/C21H31N7OS/c1-3-17-16-26-19(30-17)7-10-24-21(22-2)25-11-8-20(29)28-14-12-27(13-15-28)18-6-4-5-9-23-18/h4-6,9,16H,3,7-8,10-15H2,1-2H3,(H2,22,24,25). The molecule has 1 aliphatic heterocycles. The molecule has 2 aromatic heterocycles. The van der Waals surface area contributed by atoms with E-state index in [4.69, 9.17) is 0 Å². The Labute approximate surface area is 182 Å². The first-order chi connectivity index (χ1) is 14.7. The Bertz CT molecular complexity index is 816. The van der Waals surface area contributed by atoms with E-state index in [1.54, 1.807) is 24.6 Å². The lowest BCUT2D eigenvalue weighted by Crippen LogP contribution is -2.49. The summed E-state index contributed by atoms with van der Waals surface area (Å²) >= 11 is 1.76. The van der Waals surface area contributed by atoms with E-state index in [1.165, 1.54) is 4.88 Å². The fraction of sp³-hybridized carbons (Fsp3) is 0.524. The van der Waals surface area contributed by atoms with Crippen molar-refractivity contribution in [3.8, 4) is 0 Å². The number of anilines is 1. The van der Waals surface area contributed by atoms with Gasteiger partial charge in [0.2, 0.25) is 5.91 Å². The second-order valence-corrected chi connectivity index (χ2v) is 8.26. The molecular weight excluding hydrogens is 398 g/mol. The van der Waals surface area contributed by atoms with Crippen LogP contribution in [0, 0.1) is 0 Å². The number of thiazole rings is 1. The van der Waals surface area contributed by atoms with Gasteiger partial charge in [-0.25, -0.2) is 9.97 Å². The lowest BCUT2D eigenvalue weighted by atomic mass is 10.2. The van der Waals surface area contributed by atoms with Gasteiger partial charge in [-0.2, -0.15) is 0 Å². The molecule has 1 aliphatic rings. The fourth-order valence-electron chi connectivity index (χ4n) is 3.31. The third kappa shape index (κ3) is 6.41. The summed E-state index contributed by atoms with van der Waals surface area (Å²) in [6, 6.07) is 5.92. The van der Waals surface area contributed by atoms with Crippen LogP contribution in [-0.4, -0.2) is 73.1 Å². The first kappa shape index (κ1) is 22.0. The highest BCUT2D eigenvalue weighted by molar-refractivity contribution is 7.11. The van der Waals surface area contributed by atoms with Crippen LogP contribution in [0.25, 0.3) is 0 Å². The monoisotopic (exact) mass is 429 g/mol. The number of amides is 1. The highest BCUT2D eigenvalue weighted by Crippen LogP contribution is 2.14. The van der Waals surface area contributed by atoms with Crippen molar-refractivity contribution in [2.45, 2.75) is 26.2 Å². The van der Waals surface area contributed by atoms with Gasteiger partial charge in [-0.15, -0.1) is 11.3 Å². The minimum atomic E-state index is 0.175. The van der Waals surface area contributed by atoms with Crippen molar-refractivity contribution in [1.82, 2.24) is 25.5 Å². The first-order valence-electron chi connectivity index (χ1n) is 10.5. The quantitative estimate of drug-likeness (QED) is 0.489. The first-order valence-corrected chi connectivity index (χ1v) is 11.3. The number of nitrogens with one attached hydrogen (secondary N) is 2. The second-order valence-electron chi connectivity index (χ2n) is 7.06. The number of guanidine groups is 1. The summed E-state index contributed by atoms with van der Waals surface area (Å²) in [5.74, 6) is 1.87. The molecule has 3 rings (SSSR count). The summed E-state index contributed by atoms with van der Waals surface area (Å²) in [7, 11) is 1.74. The molecule has 1 amide bonds. The summed E-state index contributed by atoms with van der Waals surface area (Å²) in [5.41, 5.74) is 0. The summed E-state index contributed by atoms with van der Waals surface area (Å²) in [6.45, 7) is 6.57. The van der Waals surface area contributed by atoms with Crippen molar-refractivity contribution in [2.24, 2.45) is 4.99 Å². The molecule has 1 saturated heterocycles. The number of rotatable bonds is 8. The van der Waals surface area contributed by atoms with E-state index in [1.807, 2.05) is 29.3 Å². The molecule has 0 unspecified atom stereocenters. The summed E-state index contributed by atoms with van der Waals surface area (Å²) in [4.78, 5) is 31.0. The van der Waals surface area contributed by atoms with E-state index < -0.39 is 0 Å². The zero-order valence-corrected chi connectivity index (χ0v) is 18.6. The number of aromatic nitrogens is 2. The molecule has 0 atom stereocenters. The van der Waals surface area contributed by atoms with Gasteiger partial charge in [0.25, 0.3) is 0 Å². The van der Waals surface area contributed by atoms with Gasteiger partial charge in [0.05, 0.1) is 5.01 Å². The predicted octanol–water partition coefficient (Wildman–Crippen LogP) is 1.55. The van der Waals surface area contributed by atoms with Crippen molar-refractivity contribution in [2.75, 3.05) is 51.2 Å². The van der Waals surface area contributed by atoms with Crippen LogP contribution in [0.2, 0.25) is 0 Å². The lowest BCUT2D eigenvalue weighted by molar-refractivity contribution is -0.131. The van der Waals surface area contributed by atoms with E-state index >= 15 is 0 Å². The zero-order valence-electron chi connectivity index (χ0n) is 17.8. The summed E-state index contributed by atoms with van der Waals surface area (Å²) < 4.78 is 0. The van der Waals surface area contributed by atoms with Gasteiger partial charge >= 0.3 is 0 Å². The maximum atomic E-state index is 12.5. The van der Waals surface area contributed by atoms with E-state index in [2.05, 4.69) is 37.4 Å². The van der Waals surface area contributed by atoms with Crippen LogP contribution in [-0.2, 0) is 17.6 Å². The highest BCUT2D eigenvalue weighted by Gasteiger charge is 2.21. The third-order valence-electron chi connectivity index (χ3n) is 5.04. The van der Waals surface area contributed by atoms with Gasteiger partial charge in [-0.1, -0.05) is 13.0 Å². The molecular formula is C21H31N7OS. The van der Waals surface area contributed by atoms with Gasteiger partial charge in [0.15, 0.2) is 5.96 Å². The van der Waals surface area contributed by atoms with Crippen molar-refractivity contribution < 1.29 is 4.79 Å². The number of nitrogens with zero attached hydrogens (tertiary/aromatic N) is 5. The molecule has 30 heavy (non-hydrogen) atoms. The van der Waals surface area contributed by atoms with Crippen LogP contribution in [0.5, 0.6) is 0 Å². The molecule has 0 aliphatic carbocycles. The third-order valence-corrected chi connectivity index (χ3v) is 6.24. The molecule has 2 N–H and O–H groups in total. The number of aryl methyl sites for hydroxylation is 1. The minimum absolute atomic E-state index is 0.175. The number of hydrogen-bond donors (Lipinski definition) is 2. The van der Waals surface area contributed by atoms with E-state index in [0.717, 1.165) is 62.4 Å². The van der Waals surface area contributed by atoms with Crippen molar-refractivity contribution >= 4 is 29.0 Å². The molecule has 9 heteroatoms. The molecule has 0 radical (unpaired) electrons. The van der Waals surface area contributed by atoms with Crippen LogP contribution < -0.4 is 15.5 Å². The molecule has 0 aromatic carbocycles. The number of pyridine rings is 1. The van der Waals surface area contributed by atoms with Gasteiger partial charge in [0.1, 0.15) is 5.82 Å². The number of piperazine rings is 1. The van der Waals surface area contributed by atoms with Crippen LogP contribution >= 0.6 is 11.3 Å². The van der Waals surface area contributed by atoms with Crippen LogP contribution in [0.4, 0.5) is 5.82 Å². The van der Waals surface area contributed by atoms with Gasteiger partial charge < -0.3 is 20.4 Å². The number of aliphatic imine (C=N–C) groups is 1. The largest absolute Gasteiger partial charge is 0.356 e. The minimum Gasteiger partial charge on any atom is -0.356 e. The molecule has 0 saturated carbocycles. The van der Waals surface area contributed by atoms with Gasteiger partial charge in [0, 0.05) is 76.4 Å². The van der Waals surface area contributed by atoms with Crippen LogP contribution in [0.15, 0.2) is 35.6 Å². The lowest BCUT2D eigenvalue weighted by Gasteiger charge is -2.35. The molecule has 8 nitrogen and oxygen atoms in total. The van der Waals surface area contributed by atoms with Crippen LogP contribution in [0.3, 0.4) is 0 Å². The second kappa shape index (κ2) is 11.5. The van der Waals surface area contributed by atoms with Gasteiger partial charge in [-0.05, 0) is 18.6 Å². The predicted molar refractivity (Wildman–Crippen MR) is 122 cm³/mol. The number of hydrogen-bond acceptors (Lipinski definition) is 6. The average Bonchev–Trinajstić information content (AvgIpc) is 3.26. The topological polar surface area (TPSA) is 85.7 Å². The SMILES string of the molecule is CCc1cnc(CCNC(=NC)NCCC(=O)N2CCN(c3ccccn3)CC2)s1. The zero-order chi connectivity index (χ0) is 21.2. The molecule has 0 spiro atoms. The number of carbonyl (C=O) groups is 1. The Morgan fingerprint density at radius 2 is 1.97 bits per heavy atom. The Morgan fingerprint density at radius 1 is 1.17 bits per heavy atom. The molecule has 2 aromatic rings. The molecule has 0 bridgehead atoms. The Hall–Kier alpha value is -2.68. The van der Waals surface area contributed by atoms with E-state index in [0.29, 0.717) is 13.0 Å². The fourth-order valence-corrected chi connectivity index (χ4v) is 4.17. The maximum Gasteiger partial charge on any atom is 0.224 e. The number of carbonyl (C=O) groups excluding carboxylic acids is 1. The van der Waals surface area contributed by atoms with Crippen molar-refractivity contribution in [3.63, 3.8) is 0 Å². The Balaban J connectivity index is 1.32.